The third-order valence-corrected chi connectivity index (χ3v) is 4.77. The number of carbonyl (C=O) groups excluding carboxylic acids is 1. The van der Waals surface area contributed by atoms with Gasteiger partial charge in [0.25, 0.3) is 0 Å². The van der Waals surface area contributed by atoms with E-state index in [1.807, 2.05) is 6.07 Å². The Hall–Kier alpha value is -1.25. The molecule has 0 N–H and O–H groups in total. The molecule has 1 aromatic rings. The highest BCUT2D eigenvalue weighted by molar-refractivity contribution is 5.74. The first-order valence-corrected chi connectivity index (χ1v) is 6.80. The standard InChI is InChI=1S/C15H20O3/c1-15(2)6-3-4-11-12(15)8-13(18-14(11)16)10-5-7-17-9-10/h5,7,9,11-13H,3-4,6,8H2,1-2H3/t11-,12+,13-/m0/s1. The zero-order valence-electron chi connectivity index (χ0n) is 11.0. The average molecular weight is 248 g/mol. The van der Waals surface area contributed by atoms with E-state index in [0.29, 0.717) is 5.92 Å². The predicted octanol–water partition coefficient (Wildman–Crippen LogP) is 3.71. The molecule has 3 nitrogen and oxygen atoms in total. The summed E-state index contributed by atoms with van der Waals surface area (Å²) in [6.45, 7) is 4.57. The topological polar surface area (TPSA) is 39.4 Å². The van der Waals surface area contributed by atoms with Crippen molar-refractivity contribution < 1.29 is 13.9 Å². The molecule has 1 aliphatic carbocycles. The first-order chi connectivity index (χ1) is 8.58. The maximum absolute atomic E-state index is 12.2. The Morgan fingerprint density at radius 2 is 2.22 bits per heavy atom. The SMILES string of the molecule is CC1(C)CCC[C@@H]2C(=O)O[C@H](c3ccoc3)C[C@H]21. The summed E-state index contributed by atoms with van der Waals surface area (Å²) in [5, 5.41) is 0. The number of rotatable bonds is 1. The maximum Gasteiger partial charge on any atom is 0.309 e. The highest BCUT2D eigenvalue weighted by Crippen LogP contribution is 2.51. The Kier molecular flexibility index (Phi) is 2.72. The zero-order chi connectivity index (χ0) is 12.8. The Balaban J connectivity index is 1.86. The predicted molar refractivity (Wildman–Crippen MR) is 66.8 cm³/mol. The molecule has 0 spiro atoms. The van der Waals surface area contributed by atoms with E-state index in [1.54, 1.807) is 12.5 Å². The van der Waals surface area contributed by atoms with Crippen LogP contribution >= 0.6 is 0 Å². The van der Waals surface area contributed by atoms with Crippen molar-refractivity contribution in [3.05, 3.63) is 24.2 Å². The molecular weight excluding hydrogens is 228 g/mol. The minimum absolute atomic E-state index is 0.00905. The van der Waals surface area contributed by atoms with Gasteiger partial charge in [0.15, 0.2) is 0 Å². The van der Waals surface area contributed by atoms with Crippen molar-refractivity contribution in [3.8, 4) is 0 Å². The first-order valence-electron chi connectivity index (χ1n) is 6.80. The van der Waals surface area contributed by atoms with E-state index in [-0.39, 0.29) is 23.4 Å². The molecule has 1 aliphatic heterocycles. The lowest BCUT2D eigenvalue weighted by atomic mass is 9.61. The van der Waals surface area contributed by atoms with E-state index in [4.69, 9.17) is 9.15 Å². The number of fused-ring (bicyclic) bond motifs is 1. The number of esters is 1. The quantitative estimate of drug-likeness (QED) is 0.711. The van der Waals surface area contributed by atoms with Crippen LogP contribution in [0.5, 0.6) is 0 Å². The third-order valence-electron chi connectivity index (χ3n) is 4.77. The van der Waals surface area contributed by atoms with Crippen molar-refractivity contribution in [2.75, 3.05) is 0 Å². The summed E-state index contributed by atoms with van der Waals surface area (Å²) in [6.07, 6.45) is 7.48. The Morgan fingerprint density at radius 1 is 1.39 bits per heavy atom. The summed E-state index contributed by atoms with van der Waals surface area (Å²) in [6, 6.07) is 1.90. The number of cyclic esters (lactones) is 1. The summed E-state index contributed by atoms with van der Waals surface area (Å²) in [5.74, 6) is 0.537. The van der Waals surface area contributed by atoms with Gasteiger partial charge in [-0.05, 0) is 36.7 Å². The van der Waals surface area contributed by atoms with Gasteiger partial charge in [-0.3, -0.25) is 4.79 Å². The van der Waals surface area contributed by atoms with Crippen LogP contribution in [0.2, 0.25) is 0 Å². The molecule has 3 rings (SSSR count). The molecular formula is C15H20O3. The monoisotopic (exact) mass is 248 g/mol. The van der Waals surface area contributed by atoms with Crippen LogP contribution < -0.4 is 0 Å². The van der Waals surface area contributed by atoms with Crippen molar-refractivity contribution in [1.29, 1.82) is 0 Å². The molecule has 2 aliphatic rings. The largest absolute Gasteiger partial charge is 0.472 e. The number of carbonyl (C=O) groups is 1. The van der Waals surface area contributed by atoms with Gasteiger partial charge in [-0.1, -0.05) is 20.3 Å². The van der Waals surface area contributed by atoms with Crippen LogP contribution in [0.15, 0.2) is 23.0 Å². The van der Waals surface area contributed by atoms with Crippen LogP contribution in [0.1, 0.15) is 51.2 Å². The lowest BCUT2D eigenvalue weighted by molar-refractivity contribution is -0.174. The second-order valence-corrected chi connectivity index (χ2v) is 6.31. The zero-order valence-corrected chi connectivity index (χ0v) is 11.0. The minimum Gasteiger partial charge on any atom is -0.472 e. The molecule has 18 heavy (non-hydrogen) atoms. The Labute approximate surface area is 108 Å². The molecule has 1 saturated carbocycles. The molecule has 0 bridgehead atoms. The van der Waals surface area contributed by atoms with Crippen molar-refractivity contribution in [2.45, 2.75) is 45.6 Å². The number of ether oxygens (including phenoxy) is 1. The van der Waals surface area contributed by atoms with E-state index >= 15 is 0 Å². The average Bonchev–Trinajstić information content (AvgIpc) is 2.83. The van der Waals surface area contributed by atoms with Crippen LogP contribution in [0, 0.1) is 17.3 Å². The lowest BCUT2D eigenvalue weighted by Gasteiger charge is -2.47. The summed E-state index contributed by atoms with van der Waals surface area (Å²) >= 11 is 0. The van der Waals surface area contributed by atoms with E-state index in [2.05, 4.69) is 13.8 Å². The van der Waals surface area contributed by atoms with Crippen LogP contribution in [0.4, 0.5) is 0 Å². The van der Waals surface area contributed by atoms with E-state index in [0.717, 1.165) is 24.8 Å². The molecule has 0 amide bonds. The Bertz CT molecular complexity index is 433. The Morgan fingerprint density at radius 3 is 2.94 bits per heavy atom. The van der Waals surface area contributed by atoms with Crippen molar-refractivity contribution in [1.82, 2.24) is 0 Å². The van der Waals surface area contributed by atoms with Crippen LogP contribution in [-0.2, 0) is 9.53 Å². The fourth-order valence-corrected chi connectivity index (χ4v) is 3.64. The van der Waals surface area contributed by atoms with E-state index in [1.165, 1.54) is 6.42 Å². The smallest absolute Gasteiger partial charge is 0.309 e. The molecule has 2 heterocycles. The van der Waals surface area contributed by atoms with Gasteiger partial charge in [0.05, 0.1) is 18.4 Å². The van der Waals surface area contributed by atoms with Gasteiger partial charge < -0.3 is 9.15 Å². The molecule has 3 atom stereocenters. The van der Waals surface area contributed by atoms with Gasteiger partial charge in [-0.15, -0.1) is 0 Å². The molecule has 0 aromatic carbocycles. The number of furan rings is 1. The summed E-state index contributed by atoms with van der Waals surface area (Å²) < 4.78 is 10.7. The van der Waals surface area contributed by atoms with Gasteiger partial charge in [0.1, 0.15) is 6.10 Å². The van der Waals surface area contributed by atoms with Gasteiger partial charge in [0.2, 0.25) is 0 Å². The normalized spacial score (nSPS) is 34.8. The fourth-order valence-electron chi connectivity index (χ4n) is 3.64. The molecule has 1 saturated heterocycles. The van der Waals surface area contributed by atoms with Crippen molar-refractivity contribution in [2.24, 2.45) is 17.3 Å². The van der Waals surface area contributed by atoms with E-state index < -0.39 is 0 Å². The minimum atomic E-state index is -0.116. The number of hydrogen-bond acceptors (Lipinski definition) is 3. The van der Waals surface area contributed by atoms with Crippen LogP contribution in [0.25, 0.3) is 0 Å². The van der Waals surface area contributed by atoms with Gasteiger partial charge in [-0.2, -0.15) is 0 Å². The van der Waals surface area contributed by atoms with Crippen LogP contribution in [-0.4, -0.2) is 5.97 Å². The molecule has 0 unspecified atom stereocenters. The molecule has 3 heteroatoms. The molecule has 0 radical (unpaired) electrons. The summed E-state index contributed by atoms with van der Waals surface area (Å²) in [4.78, 5) is 12.2. The van der Waals surface area contributed by atoms with Gasteiger partial charge in [0, 0.05) is 5.56 Å². The van der Waals surface area contributed by atoms with Crippen LogP contribution in [0.3, 0.4) is 0 Å². The fraction of sp³-hybridized carbons (Fsp3) is 0.667. The highest BCUT2D eigenvalue weighted by atomic mass is 16.5. The molecule has 2 fully saturated rings. The second kappa shape index (κ2) is 4.15. The molecule has 1 aromatic heterocycles. The van der Waals surface area contributed by atoms with Gasteiger partial charge >= 0.3 is 5.97 Å². The number of hydrogen-bond donors (Lipinski definition) is 0. The lowest BCUT2D eigenvalue weighted by Crippen LogP contribution is -2.44. The third kappa shape index (κ3) is 1.86. The first kappa shape index (κ1) is 11.8. The van der Waals surface area contributed by atoms with Gasteiger partial charge in [-0.25, -0.2) is 0 Å². The van der Waals surface area contributed by atoms with Crippen molar-refractivity contribution >= 4 is 5.97 Å². The maximum atomic E-state index is 12.2. The van der Waals surface area contributed by atoms with Crippen molar-refractivity contribution in [3.63, 3.8) is 0 Å². The summed E-state index contributed by atoms with van der Waals surface area (Å²) in [7, 11) is 0. The summed E-state index contributed by atoms with van der Waals surface area (Å²) in [5.41, 5.74) is 1.23. The highest BCUT2D eigenvalue weighted by Gasteiger charge is 2.48. The second-order valence-electron chi connectivity index (χ2n) is 6.31. The van der Waals surface area contributed by atoms with E-state index in [9.17, 15) is 4.79 Å². The molecule has 98 valence electrons.